The van der Waals surface area contributed by atoms with E-state index in [9.17, 15) is 14.0 Å². The number of methoxy groups -OCH3 is 1. The van der Waals surface area contributed by atoms with E-state index in [4.69, 9.17) is 14.5 Å². The molecule has 6 nitrogen and oxygen atoms in total. The maximum atomic E-state index is 13.6. The Bertz CT molecular complexity index is 988. The minimum Gasteiger partial charge on any atom is -0.497 e. The Labute approximate surface area is 181 Å². The Morgan fingerprint density at radius 3 is 2.52 bits per heavy atom. The summed E-state index contributed by atoms with van der Waals surface area (Å²) in [4.78, 5) is 32.1. The second kappa shape index (κ2) is 9.73. The Hall–Kier alpha value is -3.22. The van der Waals surface area contributed by atoms with E-state index in [1.165, 1.54) is 17.0 Å². The summed E-state index contributed by atoms with van der Waals surface area (Å²) >= 11 is 0. The molecule has 0 fully saturated rings. The van der Waals surface area contributed by atoms with Crippen LogP contribution in [0.1, 0.15) is 38.3 Å². The molecule has 2 aromatic carbocycles. The first kappa shape index (κ1) is 22.5. The minimum absolute atomic E-state index is 0.0659. The van der Waals surface area contributed by atoms with Crippen LogP contribution in [0.15, 0.2) is 47.5 Å². The number of amides is 1. The molecule has 0 saturated carbocycles. The van der Waals surface area contributed by atoms with Gasteiger partial charge in [-0.15, -0.1) is 0 Å². The van der Waals surface area contributed by atoms with Gasteiger partial charge in [0.25, 0.3) is 5.91 Å². The zero-order valence-corrected chi connectivity index (χ0v) is 18.2. The number of hydrogen-bond donors (Lipinski definition) is 0. The van der Waals surface area contributed by atoms with Crippen LogP contribution in [0.5, 0.6) is 5.75 Å². The van der Waals surface area contributed by atoms with E-state index < -0.39 is 12.0 Å². The normalized spacial score (nSPS) is 16.8. The third-order valence-electron chi connectivity index (χ3n) is 5.43. The maximum absolute atomic E-state index is 13.6. The lowest BCUT2D eigenvalue weighted by Gasteiger charge is -2.26. The highest BCUT2D eigenvalue weighted by Crippen LogP contribution is 2.33. The highest BCUT2D eigenvalue weighted by atomic mass is 19.1. The molecule has 0 spiro atoms. The zero-order chi connectivity index (χ0) is 22.5. The monoisotopic (exact) mass is 426 g/mol. The van der Waals surface area contributed by atoms with Crippen LogP contribution in [0.2, 0.25) is 0 Å². The van der Waals surface area contributed by atoms with Gasteiger partial charge in [-0.1, -0.05) is 20.3 Å². The molecule has 2 atom stereocenters. The lowest BCUT2D eigenvalue weighted by Crippen LogP contribution is -2.43. The van der Waals surface area contributed by atoms with E-state index in [0.717, 1.165) is 6.42 Å². The van der Waals surface area contributed by atoms with Crippen molar-refractivity contribution in [3.05, 3.63) is 59.4 Å². The summed E-state index contributed by atoms with van der Waals surface area (Å²) < 4.78 is 24.1. The van der Waals surface area contributed by atoms with Gasteiger partial charge >= 0.3 is 5.97 Å². The number of anilines is 1. The number of rotatable bonds is 7. The van der Waals surface area contributed by atoms with Gasteiger partial charge < -0.3 is 9.47 Å². The highest BCUT2D eigenvalue weighted by Gasteiger charge is 2.36. The largest absolute Gasteiger partial charge is 0.497 e. The van der Waals surface area contributed by atoms with Crippen molar-refractivity contribution in [2.45, 2.75) is 33.2 Å². The highest BCUT2D eigenvalue weighted by molar-refractivity contribution is 6.20. The number of aliphatic imine (C=N–C) groups is 1. The molecule has 0 bridgehead atoms. The Balaban J connectivity index is 2.23. The number of ether oxygens (including phenoxy) is 2. The van der Waals surface area contributed by atoms with E-state index in [-0.39, 0.29) is 30.8 Å². The van der Waals surface area contributed by atoms with Crippen molar-refractivity contribution in [1.82, 2.24) is 0 Å². The molecular formula is C24H27FN2O4. The van der Waals surface area contributed by atoms with Crippen molar-refractivity contribution < 1.29 is 23.5 Å². The summed E-state index contributed by atoms with van der Waals surface area (Å²) in [5.74, 6) is -0.609. The number of carbonyl (C=O) groups excluding carboxylic acids is 2. The van der Waals surface area contributed by atoms with Gasteiger partial charge in [0.1, 0.15) is 24.2 Å². The third-order valence-corrected chi connectivity index (χ3v) is 5.43. The molecule has 1 aliphatic rings. The summed E-state index contributed by atoms with van der Waals surface area (Å²) in [6.07, 6.45) is 0.726. The molecule has 0 saturated heterocycles. The van der Waals surface area contributed by atoms with Gasteiger partial charge in [0.2, 0.25) is 0 Å². The molecule has 2 aromatic rings. The fourth-order valence-electron chi connectivity index (χ4n) is 3.54. The van der Waals surface area contributed by atoms with Crippen LogP contribution in [0.25, 0.3) is 0 Å². The molecule has 31 heavy (non-hydrogen) atoms. The van der Waals surface area contributed by atoms with Crippen LogP contribution in [0, 0.1) is 11.7 Å². The quantitative estimate of drug-likeness (QED) is 0.628. The summed E-state index contributed by atoms with van der Waals surface area (Å²) in [7, 11) is 1.55. The smallest absolute Gasteiger partial charge is 0.326 e. The number of hydrogen-bond acceptors (Lipinski definition) is 5. The van der Waals surface area contributed by atoms with E-state index in [1.807, 2.05) is 13.8 Å². The molecule has 0 unspecified atom stereocenters. The summed E-state index contributed by atoms with van der Waals surface area (Å²) in [5, 5.41) is 0. The average molecular weight is 426 g/mol. The molecule has 1 aliphatic heterocycles. The molecule has 1 amide bonds. The number of nitrogens with zero attached hydrogens (tertiary/aromatic N) is 2. The lowest BCUT2D eigenvalue weighted by molar-refractivity contribution is -0.142. The molecule has 0 aliphatic carbocycles. The van der Waals surface area contributed by atoms with E-state index >= 15 is 0 Å². The molecule has 3 rings (SSSR count). The number of fused-ring (bicyclic) bond motifs is 1. The van der Waals surface area contributed by atoms with Crippen LogP contribution < -0.4 is 9.64 Å². The molecule has 0 aromatic heterocycles. The third kappa shape index (κ3) is 4.76. The van der Waals surface area contributed by atoms with Crippen LogP contribution in [-0.2, 0) is 14.3 Å². The van der Waals surface area contributed by atoms with Crippen molar-refractivity contribution >= 4 is 23.3 Å². The van der Waals surface area contributed by atoms with Gasteiger partial charge in [-0.05, 0) is 55.3 Å². The van der Waals surface area contributed by atoms with E-state index in [1.54, 1.807) is 44.4 Å². The average Bonchev–Trinajstić information content (AvgIpc) is 2.89. The van der Waals surface area contributed by atoms with Gasteiger partial charge in [-0.25, -0.2) is 4.39 Å². The Morgan fingerprint density at radius 1 is 1.19 bits per heavy atom. The first-order chi connectivity index (χ1) is 14.9. The van der Waals surface area contributed by atoms with Crippen molar-refractivity contribution in [2.75, 3.05) is 25.2 Å². The van der Waals surface area contributed by atoms with Gasteiger partial charge in [0.05, 0.1) is 25.1 Å². The number of carbonyl (C=O) groups is 2. The molecule has 7 heteroatoms. The number of benzodiazepines with no additional fused rings is 1. The summed E-state index contributed by atoms with van der Waals surface area (Å²) in [5.41, 5.74) is 2.40. The van der Waals surface area contributed by atoms with E-state index in [0.29, 0.717) is 28.3 Å². The molecule has 164 valence electrons. The first-order valence-electron chi connectivity index (χ1n) is 10.4. The van der Waals surface area contributed by atoms with Crippen molar-refractivity contribution in [3.63, 3.8) is 0 Å². The van der Waals surface area contributed by atoms with Crippen molar-refractivity contribution in [2.24, 2.45) is 10.9 Å². The Morgan fingerprint density at radius 2 is 1.90 bits per heavy atom. The molecular weight excluding hydrogens is 399 g/mol. The standard InChI is InChI=1S/C24H27FN2O4/c1-5-15(3)22-24(29)27(14-21(28)31-6-2)20-12-11-18(30-4)13-19(20)23(26-22)16-7-9-17(25)10-8-16/h7-13,15,22H,5-6,14H2,1-4H3/t15-,22-/m0/s1. The van der Waals surface area contributed by atoms with Crippen LogP contribution in [-0.4, -0.2) is 43.9 Å². The predicted octanol–water partition coefficient (Wildman–Crippen LogP) is 4.00. The predicted molar refractivity (Wildman–Crippen MR) is 117 cm³/mol. The fraction of sp³-hybridized carbons (Fsp3) is 0.375. The first-order valence-corrected chi connectivity index (χ1v) is 10.4. The van der Waals surface area contributed by atoms with Crippen LogP contribution >= 0.6 is 0 Å². The molecule has 1 heterocycles. The van der Waals surface area contributed by atoms with Gasteiger partial charge in [0, 0.05) is 11.1 Å². The lowest BCUT2D eigenvalue weighted by atomic mass is 9.97. The fourth-order valence-corrected chi connectivity index (χ4v) is 3.54. The van der Waals surface area contributed by atoms with Crippen molar-refractivity contribution in [1.29, 1.82) is 0 Å². The second-order valence-electron chi connectivity index (χ2n) is 7.43. The molecule has 0 N–H and O–H groups in total. The maximum Gasteiger partial charge on any atom is 0.326 e. The SMILES string of the molecule is CCOC(=O)CN1C(=O)[C@H]([C@@H](C)CC)N=C(c2ccc(F)cc2)c2cc(OC)ccc21. The topological polar surface area (TPSA) is 68.2 Å². The van der Waals surface area contributed by atoms with Gasteiger partial charge in [-0.2, -0.15) is 0 Å². The zero-order valence-electron chi connectivity index (χ0n) is 18.2. The summed E-state index contributed by atoms with van der Waals surface area (Å²) in [6, 6.07) is 10.5. The van der Waals surface area contributed by atoms with Gasteiger partial charge in [-0.3, -0.25) is 19.5 Å². The second-order valence-corrected chi connectivity index (χ2v) is 7.43. The number of halogens is 1. The number of benzene rings is 2. The number of esters is 1. The Kier molecular flexibility index (Phi) is 7.05. The van der Waals surface area contributed by atoms with Crippen LogP contribution in [0.4, 0.5) is 10.1 Å². The van der Waals surface area contributed by atoms with E-state index in [2.05, 4.69) is 0 Å². The molecule has 0 radical (unpaired) electrons. The van der Waals surface area contributed by atoms with Gasteiger partial charge in [0.15, 0.2) is 0 Å². The summed E-state index contributed by atoms with van der Waals surface area (Å²) in [6.45, 7) is 5.67. The van der Waals surface area contributed by atoms with Crippen LogP contribution in [0.3, 0.4) is 0 Å². The minimum atomic E-state index is -0.696. The van der Waals surface area contributed by atoms with Crippen molar-refractivity contribution in [3.8, 4) is 5.75 Å².